The zero-order valence-corrected chi connectivity index (χ0v) is 30.3. The van der Waals surface area contributed by atoms with Gasteiger partial charge in [-0.3, -0.25) is 0 Å². The summed E-state index contributed by atoms with van der Waals surface area (Å²) in [5.41, 5.74) is 14.2. The van der Waals surface area contributed by atoms with Gasteiger partial charge in [-0.05, 0) is 117 Å². The molecule has 13 rings (SSSR count). The Morgan fingerprint density at radius 1 is 0.453 bits per heavy atom. The minimum absolute atomic E-state index is 0.0309. The Morgan fingerprint density at radius 3 is 1.87 bits per heavy atom. The molecule has 256 valence electrons. The van der Waals surface area contributed by atoms with Crippen LogP contribution in [-0.4, -0.2) is 15.0 Å². The van der Waals surface area contributed by atoms with Crippen LogP contribution in [0.4, 0.5) is 0 Å². The quantitative estimate of drug-likeness (QED) is 0.186. The summed E-state index contributed by atoms with van der Waals surface area (Å²) >= 11 is 0. The molecule has 53 heavy (non-hydrogen) atoms. The molecule has 1 spiro atoms. The summed E-state index contributed by atoms with van der Waals surface area (Å²) in [6.07, 6.45) is 6.85. The van der Waals surface area contributed by atoms with E-state index >= 15 is 0 Å². The van der Waals surface area contributed by atoms with Crippen LogP contribution in [0, 0.1) is 23.7 Å². The summed E-state index contributed by atoms with van der Waals surface area (Å²) in [7, 11) is 0. The Kier molecular flexibility index (Phi) is 6.02. The first-order chi connectivity index (χ1) is 26.0. The van der Waals surface area contributed by atoms with E-state index in [0.29, 0.717) is 11.8 Å². The highest BCUT2D eigenvalue weighted by atomic mass is 15.0. The van der Waals surface area contributed by atoms with Crippen molar-refractivity contribution in [3.63, 3.8) is 0 Å². The second-order valence-electron chi connectivity index (χ2n) is 17.2. The van der Waals surface area contributed by atoms with Gasteiger partial charge < -0.3 is 0 Å². The van der Waals surface area contributed by atoms with Gasteiger partial charge in [0, 0.05) is 27.5 Å². The summed E-state index contributed by atoms with van der Waals surface area (Å²) in [5.74, 6) is 5.32. The third-order valence-corrected chi connectivity index (χ3v) is 14.3. The van der Waals surface area contributed by atoms with E-state index in [4.69, 9.17) is 15.0 Å². The topological polar surface area (TPSA) is 38.7 Å². The lowest BCUT2D eigenvalue weighted by Crippen LogP contribution is -2.55. The number of hydrogen-bond donors (Lipinski definition) is 0. The molecule has 7 aromatic rings. The molecule has 0 saturated heterocycles. The fourth-order valence-corrected chi connectivity index (χ4v) is 12.5. The lowest BCUT2D eigenvalue weighted by Gasteiger charge is -2.61. The summed E-state index contributed by atoms with van der Waals surface area (Å²) in [6.45, 7) is 4.68. The Labute approximate surface area is 311 Å². The van der Waals surface area contributed by atoms with E-state index < -0.39 is 0 Å². The van der Waals surface area contributed by atoms with Crippen LogP contribution >= 0.6 is 0 Å². The van der Waals surface area contributed by atoms with Gasteiger partial charge in [0.2, 0.25) is 0 Å². The van der Waals surface area contributed by atoms with Gasteiger partial charge >= 0.3 is 0 Å². The Balaban J connectivity index is 1.09. The largest absolute Gasteiger partial charge is 0.208 e. The molecule has 1 heterocycles. The van der Waals surface area contributed by atoms with Gasteiger partial charge in [0.1, 0.15) is 0 Å². The third kappa shape index (κ3) is 3.98. The molecule has 6 aliphatic carbocycles. The predicted octanol–water partition coefficient (Wildman–Crippen LogP) is 12.1. The first-order valence-corrected chi connectivity index (χ1v) is 19.7. The molecular formula is C50H41N3. The Bertz CT molecular complexity index is 2640. The van der Waals surface area contributed by atoms with E-state index in [-0.39, 0.29) is 10.8 Å². The first kappa shape index (κ1) is 30.1. The van der Waals surface area contributed by atoms with Crippen LogP contribution in [-0.2, 0) is 10.8 Å². The van der Waals surface area contributed by atoms with Gasteiger partial charge in [-0.25, -0.2) is 15.0 Å². The van der Waals surface area contributed by atoms with Gasteiger partial charge in [0.15, 0.2) is 17.5 Å². The third-order valence-electron chi connectivity index (χ3n) is 14.3. The highest BCUT2D eigenvalue weighted by molar-refractivity contribution is 5.98. The molecule has 4 bridgehead atoms. The van der Waals surface area contributed by atoms with E-state index in [1.54, 1.807) is 5.56 Å². The molecule has 3 heteroatoms. The van der Waals surface area contributed by atoms with E-state index in [1.807, 2.05) is 0 Å². The van der Waals surface area contributed by atoms with Crippen molar-refractivity contribution >= 4 is 10.8 Å². The molecule has 0 atom stereocenters. The van der Waals surface area contributed by atoms with Crippen LogP contribution in [0.1, 0.15) is 68.2 Å². The van der Waals surface area contributed by atoms with Crippen molar-refractivity contribution in [3.8, 4) is 56.4 Å². The molecule has 3 nitrogen and oxygen atoms in total. The minimum Gasteiger partial charge on any atom is -0.208 e. The second-order valence-corrected chi connectivity index (χ2v) is 17.2. The highest BCUT2D eigenvalue weighted by Gasteiger charge is 2.62. The molecule has 0 unspecified atom stereocenters. The average molecular weight is 684 g/mol. The molecule has 0 N–H and O–H groups in total. The maximum atomic E-state index is 5.43. The Morgan fingerprint density at radius 2 is 1.06 bits per heavy atom. The van der Waals surface area contributed by atoms with Crippen molar-refractivity contribution in [1.29, 1.82) is 0 Å². The van der Waals surface area contributed by atoms with Crippen LogP contribution in [0.25, 0.3) is 67.2 Å². The van der Waals surface area contributed by atoms with Crippen molar-refractivity contribution in [2.24, 2.45) is 23.7 Å². The maximum Gasteiger partial charge on any atom is 0.164 e. The molecule has 0 amide bonds. The molecule has 0 aliphatic heterocycles. The van der Waals surface area contributed by atoms with Crippen molar-refractivity contribution in [2.75, 3.05) is 0 Å². The maximum absolute atomic E-state index is 5.43. The standard InChI is InChI=1S/C50H41N3/c1-49(2)42-18-9-8-15-37(42)39-16-10-17-41(44(39)49)48-52-46(32-12-4-3-5-13-32)51-47(53-48)33-20-21-38-40-22-19-31-11-6-7-14-36(31)45(40)50(43(38)28-33)34-24-29-23-30(26-34)27-35(50)25-29/h3-22,28-30,34-35H,23-27H2,1-2H3. The Hall–Kier alpha value is -5.41. The fourth-order valence-electron chi connectivity index (χ4n) is 12.5. The smallest absolute Gasteiger partial charge is 0.164 e. The van der Waals surface area contributed by atoms with Crippen molar-refractivity contribution < 1.29 is 0 Å². The van der Waals surface area contributed by atoms with Gasteiger partial charge in [-0.15, -0.1) is 0 Å². The number of benzene rings is 6. The number of nitrogens with zero attached hydrogens (tertiary/aromatic N) is 3. The highest BCUT2D eigenvalue weighted by Crippen LogP contribution is 2.70. The molecular weight excluding hydrogens is 643 g/mol. The summed E-state index contributed by atoms with van der Waals surface area (Å²) < 4.78 is 0. The van der Waals surface area contributed by atoms with Gasteiger partial charge in [0.25, 0.3) is 0 Å². The van der Waals surface area contributed by atoms with Gasteiger partial charge in [-0.2, -0.15) is 0 Å². The van der Waals surface area contributed by atoms with Gasteiger partial charge in [0.05, 0.1) is 0 Å². The van der Waals surface area contributed by atoms with Gasteiger partial charge in [-0.1, -0.05) is 135 Å². The average Bonchev–Trinajstić information content (AvgIpc) is 3.63. The second kappa shape index (κ2) is 10.6. The number of aromatic nitrogens is 3. The zero-order chi connectivity index (χ0) is 35.1. The lowest BCUT2D eigenvalue weighted by molar-refractivity contribution is -0.0393. The van der Waals surface area contributed by atoms with Crippen LogP contribution in [0.5, 0.6) is 0 Å². The van der Waals surface area contributed by atoms with E-state index in [2.05, 4.69) is 141 Å². The van der Waals surface area contributed by atoms with E-state index in [9.17, 15) is 0 Å². The minimum atomic E-state index is -0.184. The predicted molar refractivity (Wildman–Crippen MR) is 214 cm³/mol. The van der Waals surface area contributed by atoms with Crippen molar-refractivity contribution in [3.05, 3.63) is 150 Å². The van der Waals surface area contributed by atoms with E-state index in [1.165, 1.54) is 81.8 Å². The molecule has 6 aliphatic rings. The summed E-state index contributed by atoms with van der Waals surface area (Å²) in [4.78, 5) is 16.0. The lowest BCUT2D eigenvalue weighted by atomic mass is 9.43. The summed E-state index contributed by atoms with van der Waals surface area (Å²) in [5, 5.41) is 2.81. The number of fused-ring (bicyclic) bond motifs is 8. The van der Waals surface area contributed by atoms with Crippen LogP contribution in [0.15, 0.2) is 127 Å². The molecule has 1 aromatic heterocycles. The molecule has 4 fully saturated rings. The SMILES string of the molecule is CC1(C)c2ccccc2-c2cccc(-c3nc(-c4ccccc4)nc(-c4ccc5c(c4)C4(c6c-5ccc5ccccc65)C5CC6CC(C5)CC4C6)n3)c21. The molecule has 4 saturated carbocycles. The normalized spacial score (nSPS) is 25.0. The number of hydrogen-bond acceptors (Lipinski definition) is 3. The zero-order valence-electron chi connectivity index (χ0n) is 30.3. The fraction of sp³-hybridized carbons (Fsp3) is 0.260. The summed E-state index contributed by atoms with van der Waals surface area (Å²) in [6, 6.07) is 47.1. The van der Waals surface area contributed by atoms with Crippen molar-refractivity contribution in [1.82, 2.24) is 15.0 Å². The first-order valence-electron chi connectivity index (χ1n) is 19.7. The molecule has 6 aromatic carbocycles. The van der Waals surface area contributed by atoms with Crippen LogP contribution in [0.2, 0.25) is 0 Å². The monoisotopic (exact) mass is 683 g/mol. The number of rotatable bonds is 3. The van der Waals surface area contributed by atoms with E-state index in [0.717, 1.165) is 46.0 Å². The van der Waals surface area contributed by atoms with Crippen LogP contribution < -0.4 is 0 Å². The molecule has 0 radical (unpaired) electrons. The van der Waals surface area contributed by atoms with Crippen LogP contribution in [0.3, 0.4) is 0 Å². The van der Waals surface area contributed by atoms with Crippen molar-refractivity contribution in [2.45, 2.75) is 56.8 Å².